The fourth-order valence-electron chi connectivity index (χ4n) is 0.397. The Bertz CT molecular complexity index is 173. The van der Waals surface area contributed by atoms with Crippen LogP contribution in [-0.2, 0) is 0 Å². The molecule has 3 heteroatoms. The first-order valence-corrected chi connectivity index (χ1v) is 2.51. The molecule has 0 aliphatic carbocycles. The Morgan fingerprint density at radius 1 is 1.78 bits per heavy atom. The monoisotopic (exact) mass is 123 g/mol. The van der Waals surface area contributed by atoms with Crippen molar-refractivity contribution in [2.45, 2.75) is 6.92 Å². The molecule has 0 heterocycles. The van der Waals surface area contributed by atoms with Gasteiger partial charge in [0.25, 0.3) is 0 Å². The predicted molar refractivity (Wildman–Crippen MR) is 36.9 cm³/mol. The number of allylic oxidation sites excluding steroid dienone is 2. The second-order valence-electron chi connectivity index (χ2n) is 1.48. The topological polar surface area (TPSA) is 48.2 Å². The van der Waals surface area contributed by atoms with Crippen molar-refractivity contribution in [1.29, 1.82) is 5.26 Å². The van der Waals surface area contributed by atoms with E-state index < -0.39 is 0 Å². The number of nitrogens with zero attached hydrogens (tertiary/aromatic N) is 2. The van der Waals surface area contributed by atoms with E-state index >= 15 is 0 Å². The summed E-state index contributed by atoms with van der Waals surface area (Å²) >= 11 is 0. The third kappa shape index (κ3) is 1.96. The van der Waals surface area contributed by atoms with Crippen LogP contribution in [0.2, 0.25) is 0 Å². The molecule has 0 atom stereocenters. The van der Waals surface area contributed by atoms with E-state index in [2.05, 4.69) is 17.0 Å². The standard InChI is InChI=1S/C6H9N3/c1-5(8-2)6(4-7)9-3/h9H,2H2,1,3H3/b6-5-. The molecule has 0 fully saturated rings. The van der Waals surface area contributed by atoms with Crippen molar-refractivity contribution in [1.82, 2.24) is 5.32 Å². The van der Waals surface area contributed by atoms with Gasteiger partial charge in [-0.15, -0.1) is 0 Å². The van der Waals surface area contributed by atoms with Crippen molar-refractivity contribution in [2.24, 2.45) is 4.99 Å². The van der Waals surface area contributed by atoms with Gasteiger partial charge in [-0.25, -0.2) is 0 Å². The summed E-state index contributed by atoms with van der Waals surface area (Å²) in [6, 6.07) is 1.94. The van der Waals surface area contributed by atoms with E-state index in [1.165, 1.54) is 0 Å². The summed E-state index contributed by atoms with van der Waals surface area (Å²) in [6.07, 6.45) is 0. The summed E-state index contributed by atoms with van der Waals surface area (Å²) < 4.78 is 0. The molecule has 48 valence electrons. The number of hydrogen-bond acceptors (Lipinski definition) is 3. The Morgan fingerprint density at radius 2 is 2.33 bits per heavy atom. The van der Waals surface area contributed by atoms with Crippen molar-refractivity contribution in [3.8, 4) is 6.07 Å². The molecule has 0 radical (unpaired) electrons. The van der Waals surface area contributed by atoms with Crippen LogP contribution in [0, 0.1) is 11.3 Å². The molecular formula is C6H9N3. The molecule has 0 saturated carbocycles. The van der Waals surface area contributed by atoms with Crippen molar-refractivity contribution >= 4 is 6.72 Å². The van der Waals surface area contributed by atoms with Gasteiger partial charge >= 0.3 is 0 Å². The maximum atomic E-state index is 8.37. The van der Waals surface area contributed by atoms with Gasteiger partial charge in [-0.3, -0.25) is 4.99 Å². The van der Waals surface area contributed by atoms with Crippen molar-refractivity contribution in [3.63, 3.8) is 0 Å². The summed E-state index contributed by atoms with van der Waals surface area (Å²) in [5, 5.41) is 11.1. The minimum Gasteiger partial charge on any atom is -0.378 e. The first-order valence-electron chi connectivity index (χ1n) is 2.51. The van der Waals surface area contributed by atoms with E-state index in [9.17, 15) is 0 Å². The number of aliphatic imine (C=N–C) groups is 1. The molecule has 0 rings (SSSR count). The first kappa shape index (κ1) is 7.70. The highest BCUT2D eigenvalue weighted by molar-refractivity contribution is 5.33. The maximum Gasteiger partial charge on any atom is 0.134 e. The van der Waals surface area contributed by atoms with E-state index in [1.54, 1.807) is 14.0 Å². The van der Waals surface area contributed by atoms with Crippen molar-refractivity contribution < 1.29 is 0 Å². The van der Waals surface area contributed by atoms with Crippen LogP contribution in [0.4, 0.5) is 0 Å². The first-order chi connectivity index (χ1) is 4.26. The van der Waals surface area contributed by atoms with Crippen LogP contribution in [0.15, 0.2) is 16.4 Å². The van der Waals surface area contributed by atoms with Crippen molar-refractivity contribution in [3.05, 3.63) is 11.4 Å². The zero-order valence-electron chi connectivity index (χ0n) is 5.60. The van der Waals surface area contributed by atoms with E-state index in [0.29, 0.717) is 11.4 Å². The molecule has 1 N–H and O–H groups in total. The molecule has 0 amide bonds. The van der Waals surface area contributed by atoms with Gasteiger partial charge in [-0.2, -0.15) is 5.26 Å². The highest BCUT2D eigenvalue weighted by atomic mass is 14.9. The van der Waals surface area contributed by atoms with E-state index in [4.69, 9.17) is 5.26 Å². The minimum atomic E-state index is 0.463. The lowest BCUT2D eigenvalue weighted by Gasteiger charge is -1.95. The van der Waals surface area contributed by atoms with Gasteiger partial charge in [-0.1, -0.05) is 0 Å². The lowest BCUT2D eigenvalue weighted by Crippen LogP contribution is -2.04. The molecule has 0 unspecified atom stereocenters. The average molecular weight is 123 g/mol. The summed E-state index contributed by atoms with van der Waals surface area (Å²) in [7, 11) is 1.67. The fourth-order valence-corrected chi connectivity index (χ4v) is 0.397. The predicted octanol–water partition coefficient (Wildman–Crippen LogP) is 0.661. The molecule has 0 aromatic carbocycles. The second kappa shape index (κ2) is 3.67. The van der Waals surface area contributed by atoms with Gasteiger partial charge in [-0.05, 0) is 13.6 Å². The number of hydrogen-bond donors (Lipinski definition) is 1. The number of nitrogens with one attached hydrogen (secondary N) is 1. The number of nitriles is 1. The molecule has 0 spiro atoms. The zero-order chi connectivity index (χ0) is 7.28. The Morgan fingerprint density at radius 3 is 2.44 bits per heavy atom. The highest BCUT2D eigenvalue weighted by Gasteiger charge is 1.92. The van der Waals surface area contributed by atoms with Gasteiger partial charge < -0.3 is 5.32 Å². The second-order valence-corrected chi connectivity index (χ2v) is 1.48. The number of rotatable bonds is 2. The smallest absolute Gasteiger partial charge is 0.134 e. The lowest BCUT2D eigenvalue weighted by atomic mass is 10.4. The summed E-state index contributed by atoms with van der Waals surface area (Å²) in [6.45, 7) is 5.00. The maximum absolute atomic E-state index is 8.37. The molecule has 0 aliphatic rings. The molecule has 0 saturated heterocycles. The molecule has 0 aromatic rings. The third-order valence-corrected chi connectivity index (χ3v) is 0.961. The molecule has 0 aromatic heterocycles. The van der Waals surface area contributed by atoms with E-state index in [-0.39, 0.29) is 0 Å². The van der Waals surface area contributed by atoms with Crippen LogP contribution in [-0.4, -0.2) is 13.8 Å². The van der Waals surface area contributed by atoms with Crippen LogP contribution in [0.3, 0.4) is 0 Å². The van der Waals surface area contributed by atoms with Gasteiger partial charge in [0.1, 0.15) is 11.8 Å². The van der Waals surface area contributed by atoms with Crippen LogP contribution >= 0.6 is 0 Å². The van der Waals surface area contributed by atoms with Gasteiger partial charge in [0, 0.05) is 7.05 Å². The molecule has 9 heavy (non-hydrogen) atoms. The largest absolute Gasteiger partial charge is 0.378 e. The van der Waals surface area contributed by atoms with Crippen molar-refractivity contribution in [2.75, 3.05) is 7.05 Å². The zero-order valence-corrected chi connectivity index (χ0v) is 5.60. The van der Waals surface area contributed by atoms with Crippen LogP contribution < -0.4 is 5.32 Å². The third-order valence-electron chi connectivity index (χ3n) is 0.961. The molecule has 0 aliphatic heterocycles. The van der Waals surface area contributed by atoms with Gasteiger partial charge in [0.05, 0.1) is 5.70 Å². The van der Waals surface area contributed by atoms with E-state index in [0.717, 1.165) is 0 Å². The van der Waals surface area contributed by atoms with Crippen LogP contribution in [0.5, 0.6) is 0 Å². The summed E-state index contributed by atoms with van der Waals surface area (Å²) in [5.74, 6) is 0. The lowest BCUT2D eigenvalue weighted by molar-refractivity contribution is 0.997. The molecule has 0 bridgehead atoms. The highest BCUT2D eigenvalue weighted by Crippen LogP contribution is 1.97. The Kier molecular flexibility index (Phi) is 3.14. The minimum absolute atomic E-state index is 0.463. The van der Waals surface area contributed by atoms with Crippen LogP contribution in [0.1, 0.15) is 6.92 Å². The normalized spacial score (nSPS) is 11.2. The summed E-state index contributed by atoms with van der Waals surface area (Å²) in [4.78, 5) is 3.58. The van der Waals surface area contributed by atoms with Gasteiger partial charge in [0.15, 0.2) is 0 Å². The SMILES string of the molecule is C=N/C(C)=C(/C#N)NC. The van der Waals surface area contributed by atoms with Crippen LogP contribution in [0.25, 0.3) is 0 Å². The summed E-state index contributed by atoms with van der Waals surface area (Å²) in [5.41, 5.74) is 1.09. The van der Waals surface area contributed by atoms with E-state index in [1.807, 2.05) is 6.07 Å². The Labute approximate surface area is 54.7 Å². The Balaban J connectivity index is 4.42. The molecule has 3 nitrogen and oxygen atoms in total. The van der Waals surface area contributed by atoms with Gasteiger partial charge in [0.2, 0.25) is 0 Å². The fraction of sp³-hybridized carbons (Fsp3) is 0.333. The Hall–Kier alpha value is -1.30. The molecular weight excluding hydrogens is 114 g/mol. The quantitative estimate of drug-likeness (QED) is 0.433. The average Bonchev–Trinajstić information content (AvgIpc) is 1.90.